The molecule has 2 heteroatoms. The quantitative estimate of drug-likeness (QED) is 0.602. The summed E-state index contributed by atoms with van der Waals surface area (Å²) in [4.78, 5) is 9.91. The summed E-state index contributed by atoms with van der Waals surface area (Å²) in [5.74, 6) is 0. The highest BCUT2D eigenvalue weighted by Crippen LogP contribution is 2.46. The van der Waals surface area contributed by atoms with Gasteiger partial charge in [-0.2, -0.15) is 0 Å². The maximum atomic E-state index is 9.91. The van der Waals surface area contributed by atoms with Gasteiger partial charge in [-0.3, -0.25) is 0 Å². The summed E-state index contributed by atoms with van der Waals surface area (Å²) < 4.78 is 0. The van der Waals surface area contributed by atoms with Gasteiger partial charge in [0.2, 0.25) is 0 Å². The summed E-state index contributed by atoms with van der Waals surface area (Å²) in [5.41, 5.74) is 0.771. The Labute approximate surface area is 58.2 Å². The highest BCUT2D eigenvalue weighted by atomic mass is 28.4. The molecule has 0 bridgehead atoms. The van der Waals surface area contributed by atoms with E-state index in [1.807, 2.05) is 0 Å². The molecule has 0 aromatic heterocycles. The Kier molecular flexibility index (Phi) is 1.96. The van der Waals surface area contributed by atoms with Crippen LogP contribution in [0.5, 0.6) is 0 Å². The van der Waals surface area contributed by atoms with E-state index in [2.05, 4.69) is 13.8 Å². The molecule has 0 atom stereocenters. The molecule has 1 saturated carbocycles. The van der Waals surface area contributed by atoms with Gasteiger partial charge in [-0.1, -0.05) is 26.7 Å². The van der Waals surface area contributed by atoms with Crippen molar-refractivity contribution < 1.29 is 4.80 Å². The van der Waals surface area contributed by atoms with Crippen LogP contribution >= 0.6 is 0 Å². The van der Waals surface area contributed by atoms with Crippen molar-refractivity contribution in [2.45, 2.75) is 44.3 Å². The van der Waals surface area contributed by atoms with E-state index in [4.69, 9.17) is 0 Å². The largest absolute Gasteiger partial charge is 0.431 e. The Hall–Kier alpha value is 0.177. The molecule has 0 aromatic carbocycles. The van der Waals surface area contributed by atoms with Gasteiger partial charge >= 0.3 is 0 Å². The molecule has 9 heavy (non-hydrogen) atoms. The van der Waals surface area contributed by atoms with Crippen LogP contribution in [-0.4, -0.2) is 13.1 Å². The van der Waals surface area contributed by atoms with E-state index in [0.29, 0.717) is 0 Å². The topological polar surface area (TPSA) is 20.2 Å². The molecule has 0 amide bonds. The second-order valence-corrected chi connectivity index (χ2v) is 7.52. The average molecular weight is 144 g/mol. The second-order valence-electron chi connectivity index (χ2n) is 3.08. The molecule has 1 fully saturated rings. The molecular formula is C7H16OSi. The minimum atomic E-state index is -1.66. The summed E-state index contributed by atoms with van der Waals surface area (Å²) >= 11 is 0. The zero-order chi connectivity index (χ0) is 6.91. The van der Waals surface area contributed by atoms with Crippen molar-refractivity contribution in [3.8, 4) is 0 Å². The van der Waals surface area contributed by atoms with Gasteiger partial charge in [0.05, 0.1) is 0 Å². The fraction of sp³-hybridized carbons (Fsp3) is 1.00. The third kappa shape index (κ3) is 1.35. The zero-order valence-electron chi connectivity index (χ0n) is 6.35. The normalized spacial score (nSPS) is 20.3. The molecule has 0 saturated heterocycles. The Morgan fingerprint density at radius 2 is 1.78 bits per heavy atom. The van der Waals surface area contributed by atoms with E-state index >= 15 is 0 Å². The first-order chi connectivity index (χ1) is 4.23. The van der Waals surface area contributed by atoms with Crippen molar-refractivity contribution >= 4 is 8.32 Å². The molecule has 1 aliphatic rings. The average Bonchev–Trinajstić information content (AvgIpc) is 2.68. The van der Waals surface area contributed by atoms with Crippen molar-refractivity contribution in [2.75, 3.05) is 0 Å². The Morgan fingerprint density at radius 1 is 1.33 bits per heavy atom. The van der Waals surface area contributed by atoms with E-state index in [-0.39, 0.29) is 0 Å². The minimum Gasteiger partial charge on any atom is -0.431 e. The van der Waals surface area contributed by atoms with E-state index in [0.717, 1.165) is 17.6 Å². The second kappa shape index (κ2) is 2.43. The molecule has 1 aliphatic carbocycles. The fourth-order valence-corrected chi connectivity index (χ4v) is 4.34. The van der Waals surface area contributed by atoms with Crippen LogP contribution in [0.2, 0.25) is 17.6 Å². The van der Waals surface area contributed by atoms with Crippen molar-refractivity contribution in [2.24, 2.45) is 0 Å². The van der Waals surface area contributed by atoms with Crippen LogP contribution < -0.4 is 0 Å². The van der Waals surface area contributed by atoms with Gasteiger partial charge in [0.1, 0.15) is 0 Å². The number of hydrogen-bond donors (Lipinski definition) is 1. The van der Waals surface area contributed by atoms with Gasteiger partial charge in [-0.15, -0.1) is 0 Å². The van der Waals surface area contributed by atoms with E-state index in [1.54, 1.807) is 0 Å². The molecule has 1 nitrogen and oxygen atoms in total. The predicted octanol–water partition coefficient (Wildman–Crippen LogP) is 2.13. The summed E-state index contributed by atoms with van der Waals surface area (Å²) in [7, 11) is -1.66. The van der Waals surface area contributed by atoms with Crippen molar-refractivity contribution in [1.82, 2.24) is 0 Å². The lowest BCUT2D eigenvalue weighted by atomic mass is 10.9. The third-order valence-corrected chi connectivity index (χ3v) is 7.11. The summed E-state index contributed by atoms with van der Waals surface area (Å²) in [6, 6.07) is 2.13. The molecule has 0 aliphatic heterocycles. The van der Waals surface area contributed by atoms with Crippen LogP contribution in [0.1, 0.15) is 26.7 Å². The SMILES string of the molecule is CC[Si](O)(CC)C1CC1. The van der Waals surface area contributed by atoms with E-state index in [9.17, 15) is 4.80 Å². The van der Waals surface area contributed by atoms with Crippen molar-refractivity contribution in [1.29, 1.82) is 0 Å². The minimum absolute atomic E-state index is 0.771. The lowest BCUT2D eigenvalue weighted by Crippen LogP contribution is -2.32. The third-order valence-electron chi connectivity index (χ3n) is 2.56. The standard InChI is InChI=1S/C7H16OSi/c1-3-9(8,4-2)7-5-6-7/h7-8H,3-6H2,1-2H3. The van der Waals surface area contributed by atoms with Crippen LogP contribution in [0.4, 0.5) is 0 Å². The Balaban J connectivity index is 2.43. The summed E-state index contributed by atoms with van der Waals surface area (Å²) in [6.45, 7) is 4.27. The van der Waals surface area contributed by atoms with Crippen molar-refractivity contribution in [3.63, 3.8) is 0 Å². The molecule has 0 radical (unpaired) electrons. The maximum Gasteiger partial charge on any atom is 0.191 e. The van der Waals surface area contributed by atoms with Gasteiger partial charge < -0.3 is 4.80 Å². The molecule has 0 spiro atoms. The zero-order valence-corrected chi connectivity index (χ0v) is 7.35. The van der Waals surface area contributed by atoms with Gasteiger partial charge in [-0.25, -0.2) is 0 Å². The molecule has 54 valence electrons. The fourth-order valence-electron chi connectivity index (χ4n) is 1.45. The summed E-state index contributed by atoms with van der Waals surface area (Å²) in [5, 5.41) is 0. The Bertz CT molecular complexity index is 95.1. The number of rotatable bonds is 3. The van der Waals surface area contributed by atoms with Gasteiger partial charge in [0, 0.05) is 0 Å². The van der Waals surface area contributed by atoms with E-state index in [1.165, 1.54) is 12.8 Å². The number of hydrogen-bond acceptors (Lipinski definition) is 1. The van der Waals surface area contributed by atoms with Gasteiger partial charge in [0.15, 0.2) is 8.32 Å². The van der Waals surface area contributed by atoms with Crippen LogP contribution in [-0.2, 0) is 0 Å². The lowest BCUT2D eigenvalue weighted by molar-refractivity contribution is 0.526. The maximum absolute atomic E-state index is 9.91. The van der Waals surface area contributed by atoms with Gasteiger partial charge in [-0.05, 0) is 17.6 Å². The highest BCUT2D eigenvalue weighted by Gasteiger charge is 2.43. The van der Waals surface area contributed by atoms with E-state index < -0.39 is 8.32 Å². The molecule has 1 N–H and O–H groups in total. The Morgan fingerprint density at radius 3 is 1.89 bits per heavy atom. The molecule has 0 unspecified atom stereocenters. The van der Waals surface area contributed by atoms with Crippen LogP contribution in [0.25, 0.3) is 0 Å². The monoisotopic (exact) mass is 144 g/mol. The molecular weight excluding hydrogens is 128 g/mol. The lowest BCUT2D eigenvalue weighted by Gasteiger charge is -2.20. The smallest absolute Gasteiger partial charge is 0.191 e. The van der Waals surface area contributed by atoms with Crippen molar-refractivity contribution in [3.05, 3.63) is 0 Å². The first-order valence-electron chi connectivity index (χ1n) is 3.95. The van der Waals surface area contributed by atoms with Crippen LogP contribution in [0, 0.1) is 0 Å². The van der Waals surface area contributed by atoms with Gasteiger partial charge in [0.25, 0.3) is 0 Å². The first kappa shape index (κ1) is 7.29. The highest BCUT2D eigenvalue weighted by molar-refractivity contribution is 6.74. The molecule has 0 heterocycles. The van der Waals surface area contributed by atoms with Crippen LogP contribution in [0.15, 0.2) is 0 Å². The first-order valence-corrected chi connectivity index (χ1v) is 6.39. The molecule has 1 rings (SSSR count). The predicted molar refractivity (Wildman–Crippen MR) is 41.9 cm³/mol. The summed E-state index contributed by atoms with van der Waals surface area (Å²) in [6.07, 6.45) is 2.62. The van der Waals surface area contributed by atoms with Crippen LogP contribution in [0.3, 0.4) is 0 Å². The molecule has 0 aromatic rings.